The van der Waals surface area contributed by atoms with Crippen molar-refractivity contribution < 1.29 is 4.39 Å². The Labute approximate surface area is 96.2 Å². The molecule has 3 heteroatoms. The van der Waals surface area contributed by atoms with Gasteiger partial charge >= 0.3 is 0 Å². The van der Waals surface area contributed by atoms with Gasteiger partial charge in [0, 0.05) is 13.1 Å². The monoisotopic (exact) mass is 222 g/mol. The highest BCUT2D eigenvalue weighted by Crippen LogP contribution is 2.33. The van der Waals surface area contributed by atoms with Gasteiger partial charge in [0.15, 0.2) is 0 Å². The zero-order valence-electron chi connectivity index (χ0n) is 9.75. The lowest BCUT2D eigenvalue weighted by Crippen LogP contribution is -2.27. The molecule has 88 valence electrons. The normalized spacial score (nSPS) is 15.1. The molecule has 1 aromatic rings. The van der Waals surface area contributed by atoms with E-state index in [1.165, 1.54) is 18.9 Å². The molecule has 0 heterocycles. The molecule has 0 aliphatic heterocycles. The molecule has 16 heavy (non-hydrogen) atoms. The molecule has 1 saturated carbocycles. The van der Waals surface area contributed by atoms with Crippen LogP contribution in [0.3, 0.4) is 0 Å². The van der Waals surface area contributed by atoms with Crippen LogP contribution in [0.1, 0.15) is 26.2 Å². The number of hydrogen-bond donors (Lipinski definition) is 1. The number of anilines is 2. The van der Waals surface area contributed by atoms with E-state index in [0.717, 1.165) is 31.1 Å². The van der Waals surface area contributed by atoms with Crippen LogP contribution in [0.25, 0.3) is 0 Å². The first kappa shape index (κ1) is 11.2. The first-order chi connectivity index (χ1) is 7.72. The average Bonchev–Trinajstić information content (AvgIpc) is 3.06. The first-order valence-corrected chi connectivity index (χ1v) is 6.01. The van der Waals surface area contributed by atoms with E-state index in [1.807, 2.05) is 6.07 Å². The van der Waals surface area contributed by atoms with Crippen LogP contribution in [0.15, 0.2) is 18.2 Å². The molecule has 0 bridgehead atoms. The Hall–Kier alpha value is -1.25. The van der Waals surface area contributed by atoms with E-state index in [2.05, 4.69) is 11.8 Å². The van der Waals surface area contributed by atoms with Crippen molar-refractivity contribution in [1.82, 2.24) is 0 Å². The standard InChI is InChI=1S/C13H19FN2/c1-2-8-16(9-10-6-7-10)12-5-3-4-11(14)13(12)15/h3-5,10H,2,6-9,15H2,1H3. The fraction of sp³-hybridized carbons (Fsp3) is 0.538. The smallest absolute Gasteiger partial charge is 0.148 e. The molecule has 2 nitrogen and oxygen atoms in total. The van der Waals surface area contributed by atoms with Crippen LogP contribution in [0.4, 0.5) is 15.8 Å². The van der Waals surface area contributed by atoms with Gasteiger partial charge in [-0.25, -0.2) is 4.39 Å². The SMILES string of the molecule is CCCN(CC1CC1)c1cccc(F)c1N. The number of nitrogens with two attached hydrogens (primary N) is 1. The maximum absolute atomic E-state index is 13.4. The Kier molecular flexibility index (Phi) is 3.32. The molecule has 0 radical (unpaired) electrons. The predicted octanol–water partition coefficient (Wildman–Crippen LogP) is 3.03. The molecule has 0 atom stereocenters. The van der Waals surface area contributed by atoms with E-state index >= 15 is 0 Å². The van der Waals surface area contributed by atoms with Crippen molar-refractivity contribution in [2.24, 2.45) is 5.92 Å². The maximum atomic E-state index is 13.4. The summed E-state index contributed by atoms with van der Waals surface area (Å²) >= 11 is 0. The van der Waals surface area contributed by atoms with Crippen molar-refractivity contribution >= 4 is 11.4 Å². The largest absolute Gasteiger partial charge is 0.395 e. The van der Waals surface area contributed by atoms with Crippen LogP contribution in [0.5, 0.6) is 0 Å². The number of benzene rings is 1. The van der Waals surface area contributed by atoms with Crippen LogP contribution >= 0.6 is 0 Å². The number of halogens is 1. The highest BCUT2D eigenvalue weighted by molar-refractivity contribution is 5.68. The van der Waals surface area contributed by atoms with E-state index in [-0.39, 0.29) is 11.5 Å². The van der Waals surface area contributed by atoms with Crippen LogP contribution in [-0.4, -0.2) is 13.1 Å². The number of para-hydroxylation sites is 1. The molecular weight excluding hydrogens is 203 g/mol. The second-order valence-electron chi connectivity index (χ2n) is 4.56. The third kappa shape index (κ3) is 2.46. The van der Waals surface area contributed by atoms with Crippen LogP contribution in [0, 0.1) is 11.7 Å². The topological polar surface area (TPSA) is 29.3 Å². The number of rotatable bonds is 5. The van der Waals surface area contributed by atoms with E-state index in [9.17, 15) is 4.39 Å². The van der Waals surface area contributed by atoms with Gasteiger partial charge in [-0.15, -0.1) is 0 Å². The Morgan fingerprint density at radius 3 is 2.81 bits per heavy atom. The average molecular weight is 222 g/mol. The third-order valence-electron chi connectivity index (χ3n) is 3.04. The fourth-order valence-corrected chi connectivity index (χ4v) is 1.99. The Bertz CT molecular complexity index is 361. The van der Waals surface area contributed by atoms with Gasteiger partial charge in [-0.05, 0) is 37.3 Å². The zero-order chi connectivity index (χ0) is 11.5. The van der Waals surface area contributed by atoms with Crippen LogP contribution in [0.2, 0.25) is 0 Å². The van der Waals surface area contributed by atoms with Gasteiger partial charge in [-0.3, -0.25) is 0 Å². The number of nitrogens with zero attached hydrogens (tertiary/aromatic N) is 1. The predicted molar refractivity (Wildman–Crippen MR) is 66.0 cm³/mol. The summed E-state index contributed by atoms with van der Waals surface area (Å²) in [5.41, 5.74) is 6.94. The molecule has 2 N–H and O–H groups in total. The van der Waals surface area contributed by atoms with Crippen molar-refractivity contribution in [2.45, 2.75) is 26.2 Å². The molecule has 1 aromatic carbocycles. The van der Waals surface area contributed by atoms with E-state index in [0.29, 0.717) is 0 Å². The van der Waals surface area contributed by atoms with Gasteiger partial charge in [0.05, 0.1) is 11.4 Å². The Morgan fingerprint density at radius 1 is 1.44 bits per heavy atom. The fourth-order valence-electron chi connectivity index (χ4n) is 1.99. The summed E-state index contributed by atoms with van der Waals surface area (Å²) in [6.07, 6.45) is 3.66. The minimum atomic E-state index is -0.311. The summed E-state index contributed by atoms with van der Waals surface area (Å²) in [5.74, 6) is 0.476. The Morgan fingerprint density at radius 2 is 2.19 bits per heavy atom. The van der Waals surface area contributed by atoms with Gasteiger partial charge < -0.3 is 10.6 Å². The number of hydrogen-bond acceptors (Lipinski definition) is 2. The molecule has 2 rings (SSSR count). The first-order valence-electron chi connectivity index (χ1n) is 6.01. The summed E-state index contributed by atoms with van der Waals surface area (Å²) in [7, 11) is 0. The number of nitrogen functional groups attached to an aromatic ring is 1. The van der Waals surface area contributed by atoms with Crippen LogP contribution < -0.4 is 10.6 Å². The third-order valence-corrected chi connectivity index (χ3v) is 3.04. The summed E-state index contributed by atoms with van der Waals surface area (Å²) in [6, 6.07) is 5.06. The summed E-state index contributed by atoms with van der Waals surface area (Å²) in [4.78, 5) is 2.22. The van der Waals surface area contributed by atoms with Gasteiger partial charge in [-0.1, -0.05) is 13.0 Å². The van der Waals surface area contributed by atoms with Gasteiger partial charge in [0.1, 0.15) is 5.82 Å². The molecule has 0 amide bonds. The lowest BCUT2D eigenvalue weighted by molar-refractivity contribution is 0.629. The van der Waals surface area contributed by atoms with Crippen molar-refractivity contribution in [1.29, 1.82) is 0 Å². The summed E-state index contributed by atoms with van der Waals surface area (Å²) in [5, 5.41) is 0. The van der Waals surface area contributed by atoms with Crippen molar-refractivity contribution in [3.05, 3.63) is 24.0 Å². The minimum absolute atomic E-state index is 0.289. The van der Waals surface area contributed by atoms with Crippen molar-refractivity contribution in [3.8, 4) is 0 Å². The second kappa shape index (κ2) is 4.73. The van der Waals surface area contributed by atoms with Crippen molar-refractivity contribution in [3.63, 3.8) is 0 Å². The van der Waals surface area contributed by atoms with E-state index < -0.39 is 0 Å². The second-order valence-corrected chi connectivity index (χ2v) is 4.56. The lowest BCUT2D eigenvalue weighted by atomic mass is 10.2. The van der Waals surface area contributed by atoms with Crippen LogP contribution in [-0.2, 0) is 0 Å². The molecular formula is C13H19FN2. The summed E-state index contributed by atoms with van der Waals surface area (Å²) < 4.78 is 13.4. The molecule has 1 aliphatic rings. The maximum Gasteiger partial charge on any atom is 0.148 e. The minimum Gasteiger partial charge on any atom is -0.395 e. The van der Waals surface area contributed by atoms with E-state index in [1.54, 1.807) is 6.07 Å². The van der Waals surface area contributed by atoms with Gasteiger partial charge in [0.25, 0.3) is 0 Å². The molecule has 0 spiro atoms. The highest BCUT2D eigenvalue weighted by atomic mass is 19.1. The molecule has 0 aromatic heterocycles. The van der Waals surface area contributed by atoms with Crippen molar-refractivity contribution in [2.75, 3.05) is 23.7 Å². The zero-order valence-corrected chi connectivity index (χ0v) is 9.75. The molecule has 1 fully saturated rings. The van der Waals surface area contributed by atoms with Gasteiger partial charge in [0.2, 0.25) is 0 Å². The quantitative estimate of drug-likeness (QED) is 0.776. The highest BCUT2D eigenvalue weighted by Gasteiger charge is 2.25. The molecule has 0 saturated heterocycles. The molecule has 1 aliphatic carbocycles. The molecule has 0 unspecified atom stereocenters. The summed E-state index contributed by atoms with van der Waals surface area (Å²) in [6.45, 7) is 4.10. The Balaban J connectivity index is 2.18. The van der Waals surface area contributed by atoms with Gasteiger partial charge in [-0.2, -0.15) is 0 Å². The lowest BCUT2D eigenvalue weighted by Gasteiger charge is -2.25. The van der Waals surface area contributed by atoms with E-state index in [4.69, 9.17) is 5.73 Å².